The van der Waals surface area contributed by atoms with E-state index in [0.29, 0.717) is 18.7 Å². The van der Waals surface area contributed by atoms with E-state index in [4.69, 9.17) is 4.74 Å². The van der Waals surface area contributed by atoms with Gasteiger partial charge < -0.3 is 14.4 Å². The highest BCUT2D eigenvalue weighted by atomic mass is 19.3. The summed E-state index contributed by atoms with van der Waals surface area (Å²) in [5, 5.41) is 0. The zero-order valence-electron chi connectivity index (χ0n) is 15.7. The minimum atomic E-state index is -2.92. The first-order chi connectivity index (χ1) is 13.6. The Bertz CT molecular complexity index is 824. The molecule has 0 spiro atoms. The summed E-state index contributed by atoms with van der Waals surface area (Å²) in [4.78, 5) is 14.6. The van der Waals surface area contributed by atoms with Gasteiger partial charge >= 0.3 is 6.61 Å². The highest BCUT2D eigenvalue weighted by Crippen LogP contribution is 2.33. The summed E-state index contributed by atoms with van der Waals surface area (Å²) in [5.41, 5.74) is 1.81. The summed E-state index contributed by atoms with van der Waals surface area (Å²) >= 11 is 0. The molecule has 1 amide bonds. The molecule has 1 atom stereocenters. The molecule has 1 saturated heterocycles. The van der Waals surface area contributed by atoms with Crippen LogP contribution in [-0.4, -0.2) is 30.6 Å². The second kappa shape index (κ2) is 9.35. The molecule has 0 bridgehead atoms. The van der Waals surface area contributed by atoms with E-state index in [0.717, 1.165) is 18.4 Å². The van der Waals surface area contributed by atoms with Gasteiger partial charge in [-0.15, -0.1) is 0 Å². The molecule has 28 heavy (non-hydrogen) atoms. The molecule has 1 aliphatic rings. The number of hydrogen-bond acceptors (Lipinski definition) is 3. The molecule has 1 unspecified atom stereocenters. The van der Waals surface area contributed by atoms with E-state index < -0.39 is 6.61 Å². The first-order valence-electron chi connectivity index (χ1n) is 9.33. The average Bonchev–Trinajstić information content (AvgIpc) is 3.18. The molecule has 148 valence electrons. The van der Waals surface area contributed by atoms with E-state index in [9.17, 15) is 13.6 Å². The molecule has 3 rings (SSSR count). The van der Waals surface area contributed by atoms with Crippen molar-refractivity contribution in [1.29, 1.82) is 0 Å². The third-order valence-corrected chi connectivity index (χ3v) is 4.62. The average molecular weight is 387 g/mol. The highest BCUT2D eigenvalue weighted by Gasteiger charge is 2.28. The lowest BCUT2D eigenvalue weighted by molar-refractivity contribution is -0.126. The number of rotatable bonds is 7. The predicted molar refractivity (Wildman–Crippen MR) is 103 cm³/mol. The molecule has 0 aliphatic carbocycles. The number of benzene rings is 2. The SMILES string of the molecule is CCOc1cc(/C=C/C(=O)N2CCCC2c2ccccc2)ccc1OC(F)F. The maximum absolute atomic E-state index is 12.7. The van der Waals surface area contributed by atoms with Crippen LogP contribution in [0.15, 0.2) is 54.6 Å². The van der Waals surface area contributed by atoms with Crippen molar-refractivity contribution in [2.24, 2.45) is 0 Å². The third kappa shape index (κ3) is 4.88. The molecule has 4 nitrogen and oxygen atoms in total. The van der Waals surface area contributed by atoms with Crippen molar-refractivity contribution in [1.82, 2.24) is 4.90 Å². The minimum absolute atomic E-state index is 0.0241. The Hall–Kier alpha value is -2.89. The lowest BCUT2D eigenvalue weighted by Crippen LogP contribution is -2.28. The number of carbonyl (C=O) groups is 1. The zero-order valence-corrected chi connectivity index (χ0v) is 15.7. The Morgan fingerprint density at radius 2 is 2.00 bits per heavy atom. The molecule has 2 aromatic rings. The maximum atomic E-state index is 12.7. The number of alkyl halides is 2. The summed E-state index contributed by atoms with van der Waals surface area (Å²) in [5.74, 6) is 0.127. The van der Waals surface area contributed by atoms with Gasteiger partial charge in [0, 0.05) is 12.6 Å². The fourth-order valence-electron chi connectivity index (χ4n) is 3.41. The number of halogens is 2. The van der Waals surface area contributed by atoms with Crippen molar-refractivity contribution in [3.05, 3.63) is 65.7 Å². The zero-order chi connectivity index (χ0) is 19.9. The van der Waals surface area contributed by atoms with Gasteiger partial charge in [-0.1, -0.05) is 36.4 Å². The van der Waals surface area contributed by atoms with Crippen LogP contribution in [0.1, 0.15) is 36.9 Å². The lowest BCUT2D eigenvalue weighted by atomic mass is 10.0. The molecule has 0 aromatic heterocycles. The standard InChI is InChI=1S/C22H23F2NO3/c1-2-27-20-15-16(10-12-19(20)28-22(23)24)11-13-21(26)25-14-6-9-18(25)17-7-4-3-5-8-17/h3-5,7-8,10-13,15,18,22H,2,6,9,14H2,1H3/b13-11+. The minimum Gasteiger partial charge on any atom is -0.490 e. The second-order valence-electron chi connectivity index (χ2n) is 6.45. The largest absolute Gasteiger partial charge is 0.490 e. The maximum Gasteiger partial charge on any atom is 0.387 e. The van der Waals surface area contributed by atoms with Crippen LogP contribution in [-0.2, 0) is 4.79 Å². The van der Waals surface area contributed by atoms with Crippen molar-refractivity contribution < 1.29 is 23.0 Å². The topological polar surface area (TPSA) is 38.8 Å². The molecule has 6 heteroatoms. The van der Waals surface area contributed by atoms with Gasteiger partial charge in [0.15, 0.2) is 11.5 Å². The first-order valence-corrected chi connectivity index (χ1v) is 9.33. The van der Waals surface area contributed by atoms with Crippen molar-refractivity contribution in [3.63, 3.8) is 0 Å². The summed E-state index contributed by atoms with van der Waals surface area (Å²) in [7, 11) is 0. The fourth-order valence-corrected chi connectivity index (χ4v) is 3.41. The van der Waals surface area contributed by atoms with Gasteiger partial charge in [0.05, 0.1) is 12.6 Å². The molecular weight excluding hydrogens is 364 g/mol. The van der Waals surface area contributed by atoms with Gasteiger partial charge in [-0.3, -0.25) is 4.79 Å². The Kier molecular flexibility index (Phi) is 6.63. The summed E-state index contributed by atoms with van der Waals surface area (Å²) in [6.07, 6.45) is 5.09. The van der Waals surface area contributed by atoms with Crippen molar-refractivity contribution >= 4 is 12.0 Å². The van der Waals surface area contributed by atoms with Crippen molar-refractivity contribution in [3.8, 4) is 11.5 Å². The van der Waals surface area contributed by atoms with Gasteiger partial charge in [0.2, 0.25) is 5.91 Å². The van der Waals surface area contributed by atoms with E-state index in [1.54, 1.807) is 25.1 Å². The van der Waals surface area contributed by atoms with Crippen molar-refractivity contribution in [2.45, 2.75) is 32.4 Å². The normalized spacial score (nSPS) is 16.7. The van der Waals surface area contributed by atoms with Crippen molar-refractivity contribution in [2.75, 3.05) is 13.2 Å². The van der Waals surface area contributed by atoms with Crippen LogP contribution in [0.3, 0.4) is 0 Å². The summed E-state index contributed by atoms with van der Waals surface area (Å²) in [6, 6.07) is 14.7. The third-order valence-electron chi connectivity index (χ3n) is 4.62. The number of ether oxygens (including phenoxy) is 2. The van der Waals surface area contributed by atoms with Crippen LogP contribution < -0.4 is 9.47 Å². The van der Waals surface area contributed by atoms with Crippen LogP contribution in [0.5, 0.6) is 11.5 Å². The summed E-state index contributed by atoms with van der Waals surface area (Å²) < 4.78 is 34.8. The number of nitrogens with zero attached hydrogens (tertiary/aromatic N) is 1. The lowest BCUT2D eigenvalue weighted by Gasteiger charge is -2.23. The number of likely N-dealkylation sites (tertiary alicyclic amines) is 1. The quantitative estimate of drug-likeness (QED) is 0.623. The molecule has 0 saturated carbocycles. The molecule has 1 heterocycles. The number of carbonyl (C=O) groups excluding carboxylic acids is 1. The molecule has 0 N–H and O–H groups in total. The smallest absolute Gasteiger partial charge is 0.387 e. The van der Waals surface area contributed by atoms with Crippen LogP contribution in [0.2, 0.25) is 0 Å². The predicted octanol–water partition coefficient (Wildman–Crippen LogP) is 5.06. The highest BCUT2D eigenvalue weighted by molar-refractivity contribution is 5.92. The fraction of sp³-hybridized carbons (Fsp3) is 0.318. The Morgan fingerprint density at radius 3 is 2.71 bits per heavy atom. The van der Waals surface area contributed by atoms with Gasteiger partial charge in [0.25, 0.3) is 0 Å². The number of amides is 1. The molecule has 1 fully saturated rings. The van der Waals surface area contributed by atoms with Gasteiger partial charge in [-0.2, -0.15) is 8.78 Å². The van der Waals surface area contributed by atoms with Gasteiger partial charge in [-0.25, -0.2) is 0 Å². The van der Waals surface area contributed by atoms with E-state index in [1.165, 1.54) is 12.1 Å². The monoisotopic (exact) mass is 387 g/mol. The Labute approximate surface area is 163 Å². The van der Waals surface area contributed by atoms with E-state index in [2.05, 4.69) is 4.74 Å². The van der Waals surface area contributed by atoms with E-state index in [1.807, 2.05) is 35.2 Å². The van der Waals surface area contributed by atoms with Gasteiger partial charge in [-0.05, 0) is 49.1 Å². The molecule has 1 aliphatic heterocycles. The molecule has 0 radical (unpaired) electrons. The Morgan fingerprint density at radius 1 is 1.21 bits per heavy atom. The first kappa shape index (κ1) is 19.9. The van der Waals surface area contributed by atoms with Crippen LogP contribution >= 0.6 is 0 Å². The van der Waals surface area contributed by atoms with Gasteiger partial charge in [0.1, 0.15) is 0 Å². The van der Waals surface area contributed by atoms with Crippen LogP contribution in [0.4, 0.5) is 8.78 Å². The molecular formula is C22H23F2NO3. The second-order valence-corrected chi connectivity index (χ2v) is 6.45. The molecule has 2 aromatic carbocycles. The summed E-state index contributed by atoms with van der Waals surface area (Å²) in [6.45, 7) is -0.131. The van der Waals surface area contributed by atoms with E-state index >= 15 is 0 Å². The Balaban J connectivity index is 1.73. The number of hydrogen-bond donors (Lipinski definition) is 0. The van der Waals surface area contributed by atoms with Crippen LogP contribution in [0, 0.1) is 0 Å². The van der Waals surface area contributed by atoms with E-state index in [-0.39, 0.29) is 23.4 Å². The van der Waals surface area contributed by atoms with Crippen LogP contribution in [0.25, 0.3) is 6.08 Å².